The summed E-state index contributed by atoms with van der Waals surface area (Å²) in [6.07, 6.45) is 2.62. The third-order valence-corrected chi connectivity index (χ3v) is 4.80. The molecule has 0 saturated carbocycles. The van der Waals surface area contributed by atoms with Crippen LogP contribution in [0.15, 0.2) is 24.3 Å². The molecule has 1 aliphatic rings. The maximum atomic E-state index is 12.7. The summed E-state index contributed by atoms with van der Waals surface area (Å²) in [5.41, 5.74) is 2.36. The molecule has 0 aromatic heterocycles. The van der Waals surface area contributed by atoms with Crippen LogP contribution in [-0.4, -0.2) is 29.8 Å². The number of hydrogen-bond acceptors (Lipinski definition) is 2. The molecule has 1 heterocycles. The molecule has 4 heteroatoms. The quantitative estimate of drug-likeness (QED) is 0.899. The molecule has 0 aliphatic carbocycles. The summed E-state index contributed by atoms with van der Waals surface area (Å²) >= 11 is 0. The van der Waals surface area contributed by atoms with Gasteiger partial charge in [-0.05, 0) is 31.7 Å². The molecular weight excluding hydrogens is 300 g/mol. The Balaban J connectivity index is 1.99. The van der Waals surface area contributed by atoms with Crippen molar-refractivity contribution in [2.75, 3.05) is 13.1 Å². The van der Waals surface area contributed by atoms with Gasteiger partial charge in [-0.3, -0.25) is 9.59 Å². The van der Waals surface area contributed by atoms with Crippen molar-refractivity contribution in [2.24, 2.45) is 11.8 Å². The lowest BCUT2D eigenvalue weighted by Gasteiger charge is -2.34. The second kappa shape index (κ2) is 8.32. The van der Waals surface area contributed by atoms with Crippen molar-refractivity contribution in [1.29, 1.82) is 0 Å². The number of benzene rings is 1. The summed E-state index contributed by atoms with van der Waals surface area (Å²) in [4.78, 5) is 26.7. The molecule has 132 valence electrons. The van der Waals surface area contributed by atoms with Gasteiger partial charge in [-0.1, -0.05) is 50.6 Å². The van der Waals surface area contributed by atoms with Gasteiger partial charge in [-0.25, -0.2) is 0 Å². The molecule has 0 radical (unpaired) electrons. The van der Waals surface area contributed by atoms with E-state index in [2.05, 4.69) is 43.4 Å². The number of nitrogens with zero attached hydrogens (tertiary/aromatic N) is 1. The molecule has 2 rings (SSSR count). The third-order valence-electron chi connectivity index (χ3n) is 4.80. The Hall–Kier alpha value is -1.84. The van der Waals surface area contributed by atoms with Crippen LogP contribution in [0.25, 0.3) is 0 Å². The lowest BCUT2D eigenvalue weighted by molar-refractivity contribution is -0.138. The molecule has 1 fully saturated rings. The van der Waals surface area contributed by atoms with Gasteiger partial charge in [0.2, 0.25) is 11.8 Å². The van der Waals surface area contributed by atoms with Gasteiger partial charge in [0, 0.05) is 19.0 Å². The first-order valence-corrected chi connectivity index (χ1v) is 9.08. The lowest BCUT2D eigenvalue weighted by atomic mass is 9.95. The molecule has 24 heavy (non-hydrogen) atoms. The summed E-state index contributed by atoms with van der Waals surface area (Å²) in [6.45, 7) is 9.29. The summed E-state index contributed by atoms with van der Waals surface area (Å²) in [6, 6.07) is 8.36. The number of carbonyl (C=O) groups excluding carboxylic acids is 2. The van der Waals surface area contributed by atoms with Crippen molar-refractivity contribution in [1.82, 2.24) is 10.2 Å². The van der Waals surface area contributed by atoms with Crippen LogP contribution in [0.1, 0.15) is 57.2 Å². The molecule has 1 aromatic carbocycles. The van der Waals surface area contributed by atoms with Crippen LogP contribution in [0.5, 0.6) is 0 Å². The Morgan fingerprint density at radius 1 is 1.25 bits per heavy atom. The summed E-state index contributed by atoms with van der Waals surface area (Å²) < 4.78 is 0. The lowest BCUT2D eigenvalue weighted by Crippen LogP contribution is -2.47. The van der Waals surface area contributed by atoms with E-state index in [0.717, 1.165) is 31.4 Å². The van der Waals surface area contributed by atoms with Crippen molar-refractivity contribution < 1.29 is 9.59 Å². The molecule has 1 N–H and O–H groups in total. The van der Waals surface area contributed by atoms with Gasteiger partial charge in [0.05, 0.1) is 12.0 Å². The van der Waals surface area contributed by atoms with Crippen LogP contribution in [0.2, 0.25) is 0 Å². The highest BCUT2D eigenvalue weighted by Gasteiger charge is 2.30. The third kappa shape index (κ3) is 4.59. The highest BCUT2D eigenvalue weighted by Crippen LogP contribution is 2.22. The van der Waals surface area contributed by atoms with Gasteiger partial charge in [0.15, 0.2) is 0 Å². The van der Waals surface area contributed by atoms with E-state index < -0.39 is 0 Å². The minimum absolute atomic E-state index is 0.0113. The second-order valence-electron chi connectivity index (χ2n) is 7.16. The van der Waals surface area contributed by atoms with Crippen LogP contribution in [0.3, 0.4) is 0 Å². The van der Waals surface area contributed by atoms with Crippen molar-refractivity contribution >= 4 is 11.8 Å². The number of rotatable bonds is 5. The summed E-state index contributed by atoms with van der Waals surface area (Å²) in [5, 5.41) is 3.18. The molecule has 1 aromatic rings. The first kappa shape index (κ1) is 18.5. The number of amides is 2. The number of piperidine rings is 1. The first-order chi connectivity index (χ1) is 11.4. The van der Waals surface area contributed by atoms with E-state index in [1.165, 1.54) is 5.56 Å². The Morgan fingerprint density at radius 3 is 2.50 bits per heavy atom. The van der Waals surface area contributed by atoms with Gasteiger partial charge in [0.1, 0.15) is 0 Å². The number of likely N-dealkylation sites (tertiary alicyclic amines) is 1. The van der Waals surface area contributed by atoms with Crippen LogP contribution in [0.4, 0.5) is 0 Å². The van der Waals surface area contributed by atoms with Crippen LogP contribution >= 0.6 is 0 Å². The molecule has 1 aliphatic heterocycles. The average molecular weight is 330 g/mol. The molecule has 0 unspecified atom stereocenters. The van der Waals surface area contributed by atoms with Crippen LogP contribution in [-0.2, 0) is 9.59 Å². The van der Waals surface area contributed by atoms with Gasteiger partial charge in [0.25, 0.3) is 0 Å². The smallest absolute Gasteiger partial charge is 0.225 e. The van der Waals surface area contributed by atoms with E-state index in [1.807, 2.05) is 18.7 Å². The average Bonchev–Trinajstić information content (AvgIpc) is 2.59. The molecule has 1 saturated heterocycles. The van der Waals surface area contributed by atoms with Gasteiger partial charge >= 0.3 is 0 Å². The molecule has 4 nitrogen and oxygen atoms in total. The molecule has 0 spiro atoms. The predicted molar refractivity (Wildman–Crippen MR) is 96.5 cm³/mol. The zero-order chi connectivity index (χ0) is 17.7. The SMILES string of the molecule is CC[C@@H](NC(=O)[C@@H]1CCCN(C(=O)C(C)C)C1)c1ccc(C)cc1. The Bertz CT molecular complexity index is 566. The first-order valence-electron chi connectivity index (χ1n) is 9.08. The Kier molecular flexibility index (Phi) is 6.41. The van der Waals surface area contributed by atoms with Crippen molar-refractivity contribution in [3.8, 4) is 0 Å². The predicted octanol–water partition coefficient (Wildman–Crippen LogP) is 3.46. The van der Waals surface area contributed by atoms with Crippen molar-refractivity contribution in [2.45, 2.75) is 53.0 Å². The number of hydrogen-bond donors (Lipinski definition) is 1. The van der Waals surface area contributed by atoms with Gasteiger partial charge in [-0.15, -0.1) is 0 Å². The minimum atomic E-state index is -0.0963. The number of aryl methyl sites for hydroxylation is 1. The fourth-order valence-corrected chi connectivity index (χ4v) is 3.27. The highest BCUT2D eigenvalue weighted by molar-refractivity contribution is 5.82. The Labute approximate surface area is 145 Å². The minimum Gasteiger partial charge on any atom is -0.349 e. The van der Waals surface area contributed by atoms with E-state index in [0.29, 0.717) is 6.54 Å². The van der Waals surface area contributed by atoms with E-state index in [9.17, 15) is 9.59 Å². The van der Waals surface area contributed by atoms with Crippen molar-refractivity contribution in [3.63, 3.8) is 0 Å². The largest absolute Gasteiger partial charge is 0.349 e. The molecule has 2 atom stereocenters. The van der Waals surface area contributed by atoms with Crippen LogP contribution < -0.4 is 5.32 Å². The van der Waals surface area contributed by atoms with E-state index in [1.54, 1.807) is 0 Å². The van der Waals surface area contributed by atoms with Gasteiger partial charge in [-0.2, -0.15) is 0 Å². The van der Waals surface area contributed by atoms with E-state index in [4.69, 9.17) is 0 Å². The maximum absolute atomic E-state index is 12.7. The Morgan fingerprint density at radius 2 is 1.92 bits per heavy atom. The molecule has 0 bridgehead atoms. The molecule has 2 amide bonds. The van der Waals surface area contributed by atoms with E-state index in [-0.39, 0.29) is 29.7 Å². The summed E-state index contributed by atoms with van der Waals surface area (Å²) in [7, 11) is 0. The standard InChI is InChI=1S/C20H30N2O2/c1-5-18(16-10-8-15(4)9-11-16)21-19(23)17-7-6-12-22(13-17)20(24)14(2)3/h8-11,14,17-18H,5-7,12-13H2,1-4H3,(H,21,23)/t17-,18-/m1/s1. The number of nitrogens with one attached hydrogen (secondary N) is 1. The second-order valence-corrected chi connectivity index (χ2v) is 7.16. The van der Waals surface area contributed by atoms with E-state index >= 15 is 0 Å². The topological polar surface area (TPSA) is 49.4 Å². The van der Waals surface area contributed by atoms with Crippen LogP contribution in [0, 0.1) is 18.8 Å². The zero-order valence-electron chi connectivity index (χ0n) is 15.3. The fourth-order valence-electron chi connectivity index (χ4n) is 3.27. The monoisotopic (exact) mass is 330 g/mol. The molecular formula is C20H30N2O2. The normalized spacial score (nSPS) is 19.2. The van der Waals surface area contributed by atoms with Gasteiger partial charge < -0.3 is 10.2 Å². The summed E-state index contributed by atoms with van der Waals surface area (Å²) in [5.74, 6) is 0.116. The zero-order valence-corrected chi connectivity index (χ0v) is 15.3. The number of carbonyl (C=O) groups is 2. The fraction of sp³-hybridized carbons (Fsp3) is 0.600. The van der Waals surface area contributed by atoms with Crippen molar-refractivity contribution in [3.05, 3.63) is 35.4 Å². The highest BCUT2D eigenvalue weighted by atomic mass is 16.2. The maximum Gasteiger partial charge on any atom is 0.225 e.